The quantitative estimate of drug-likeness (QED) is 0.689. The molecule has 4 nitrogen and oxygen atoms in total. The summed E-state index contributed by atoms with van der Waals surface area (Å²) < 4.78 is 11.0. The van der Waals surface area contributed by atoms with Crippen molar-refractivity contribution in [2.45, 2.75) is 77.5 Å². The normalized spacial score (nSPS) is 18.5. The van der Waals surface area contributed by atoms with Crippen molar-refractivity contribution in [3.63, 3.8) is 0 Å². The molecule has 1 fully saturated rings. The average Bonchev–Trinajstić information content (AvgIpc) is 2.38. The number of carbonyl (C=O) groups excluding carboxylic acids is 1. The molecule has 1 saturated carbocycles. The van der Waals surface area contributed by atoms with E-state index in [1.807, 2.05) is 20.8 Å². The zero-order chi connectivity index (χ0) is 14.1. The Bertz CT molecular complexity index is 250. The first-order valence-electron chi connectivity index (χ1n) is 7.67. The topological polar surface area (TPSA) is 47.6 Å². The van der Waals surface area contributed by atoms with Gasteiger partial charge < -0.3 is 14.8 Å². The number of hydrogen-bond donors (Lipinski definition) is 1. The zero-order valence-electron chi connectivity index (χ0n) is 12.6. The molecule has 0 heterocycles. The summed E-state index contributed by atoms with van der Waals surface area (Å²) in [7, 11) is 0. The van der Waals surface area contributed by atoms with Crippen LogP contribution in [0.25, 0.3) is 0 Å². The molecule has 0 aromatic heterocycles. The molecule has 1 aliphatic carbocycles. The first-order valence-corrected chi connectivity index (χ1v) is 7.67. The van der Waals surface area contributed by atoms with Crippen molar-refractivity contribution >= 4 is 5.97 Å². The molecule has 0 aromatic carbocycles. The van der Waals surface area contributed by atoms with Crippen LogP contribution in [-0.2, 0) is 14.3 Å². The van der Waals surface area contributed by atoms with Crippen LogP contribution in [0.4, 0.5) is 0 Å². The second kappa shape index (κ2) is 9.32. The van der Waals surface area contributed by atoms with Gasteiger partial charge in [0, 0.05) is 12.6 Å². The second-order valence-corrected chi connectivity index (χ2v) is 5.55. The number of ether oxygens (including phenoxy) is 2. The monoisotopic (exact) mass is 271 g/mol. The summed E-state index contributed by atoms with van der Waals surface area (Å²) in [5.41, 5.74) is 0. The van der Waals surface area contributed by atoms with Crippen molar-refractivity contribution in [2.75, 3.05) is 13.2 Å². The lowest BCUT2D eigenvalue weighted by molar-refractivity contribution is -0.146. The number of rotatable bonds is 8. The molecule has 1 unspecified atom stereocenters. The standard InChI is InChI=1S/C15H29NO3/c1-4-18-15(17)14(16-12(2)3)10-11-19-13-8-6-5-7-9-13/h12-14,16H,4-11H2,1-3H3. The Balaban J connectivity index is 2.28. The third-order valence-electron chi connectivity index (χ3n) is 3.42. The average molecular weight is 271 g/mol. The maximum Gasteiger partial charge on any atom is 0.323 e. The molecule has 1 atom stereocenters. The van der Waals surface area contributed by atoms with Crippen LogP contribution in [0.5, 0.6) is 0 Å². The Hall–Kier alpha value is -0.610. The van der Waals surface area contributed by atoms with E-state index in [1.54, 1.807) is 0 Å². The van der Waals surface area contributed by atoms with Crippen LogP contribution in [0.3, 0.4) is 0 Å². The van der Waals surface area contributed by atoms with Crippen LogP contribution in [0, 0.1) is 0 Å². The summed E-state index contributed by atoms with van der Waals surface area (Å²) in [6.45, 7) is 6.97. The highest BCUT2D eigenvalue weighted by molar-refractivity contribution is 5.75. The van der Waals surface area contributed by atoms with E-state index in [1.165, 1.54) is 32.1 Å². The Morgan fingerprint density at radius 1 is 1.26 bits per heavy atom. The van der Waals surface area contributed by atoms with Crippen LogP contribution in [-0.4, -0.2) is 37.4 Å². The fourth-order valence-electron chi connectivity index (χ4n) is 2.50. The summed E-state index contributed by atoms with van der Waals surface area (Å²) in [5, 5.41) is 3.25. The Morgan fingerprint density at radius 2 is 1.95 bits per heavy atom. The van der Waals surface area contributed by atoms with Crippen LogP contribution < -0.4 is 5.32 Å². The molecule has 1 N–H and O–H groups in total. The van der Waals surface area contributed by atoms with Crippen LogP contribution in [0.2, 0.25) is 0 Å². The van der Waals surface area contributed by atoms with Crippen LogP contribution >= 0.6 is 0 Å². The van der Waals surface area contributed by atoms with Gasteiger partial charge in [-0.25, -0.2) is 0 Å². The molecule has 1 rings (SSSR count). The lowest BCUT2D eigenvalue weighted by Gasteiger charge is -2.24. The van der Waals surface area contributed by atoms with E-state index in [4.69, 9.17) is 9.47 Å². The van der Waals surface area contributed by atoms with Gasteiger partial charge >= 0.3 is 5.97 Å². The molecule has 0 aliphatic heterocycles. The number of esters is 1. The van der Waals surface area contributed by atoms with Gasteiger partial charge in [-0.15, -0.1) is 0 Å². The molecule has 0 spiro atoms. The fraction of sp³-hybridized carbons (Fsp3) is 0.933. The van der Waals surface area contributed by atoms with E-state index < -0.39 is 0 Å². The molecular formula is C15H29NO3. The van der Waals surface area contributed by atoms with Gasteiger partial charge in [-0.05, 0) is 26.2 Å². The minimum absolute atomic E-state index is 0.163. The largest absolute Gasteiger partial charge is 0.465 e. The first-order chi connectivity index (χ1) is 9.13. The SMILES string of the molecule is CCOC(=O)C(CCOC1CCCCC1)NC(C)C. The van der Waals surface area contributed by atoms with Crippen LogP contribution in [0.1, 0.15) is 59.3 Å². The van der Waals surface area contributed by atoms with E-state index in [9.17, 15) is 4.79 Å². The summed E-state index contributed by atoms with van der Waals surface area (Å²) in [6.07, 6.45) is 7.31. The minimum Gasteiger partial charge on any atom is -0.465 e. The van der Waals surface area contributed by atoms with Gasteiger partial charge in [-0.1, -0.05) is 33.1 Å². The van der Waals surface area contributed by atoms with Gasteiger partial charge in [0.25, 0.3) is 0 Å². The Kier molecular flexibility index (Phi) is 8.07. The third-order valence-corrected chi connectivity index (χ3v) is 3.42. The molecule has 0 saturated heterocycles. The lowest BCUT2D eigenvalue weighted by Crippen LogP contribution is -2.42. The highest BCUT2D eigenvalue weighted by Crippen LogP contribution is 2.20. The summed E-state index contributed by atoms with van der Waals surface area (Å²) in [5.74, 6) is -0.163. The fourth-order valence-corrected chi connectivity index (χ4v) is 2.50. The maximum atomic E-state index is 11.8. The highest BCUT2D eigenvalue weighted by atomic mass is 16.5. The number of hydrogen-bond acceptors (Lipinski definition) is 4. The Morgan fingerprint density at radius 3 is 2.53 bits per heavy atom. The molecule has 4 heteroatoms. The van der Waals surface area contributed by atoms with Crippen molar-refractivity contribution < 1.29 is 14.3 Å². The van der Waals surface area contributed by atoms with Gasteiger partial charge in [0.15, 0.2) is 0 Å². The molecule has 112 valence electrons. The van der Waals surface area contributed by atoms with E-state index >= 15 is 0 Å². The highest BCUT2D eigenvalue weighted by Gasteiger charge is 2.21. The predicted molar refractivity (Wildman–Crippen MR) is 76.1 cm³/mol. The predicted octanol–water partition coefficient (Wildman–Crippen LogP) is 2.66. The van der Waals surface area contributed by atoms with E-state index in [-0.39, 0.29) is 18.1 Å². The van der Waals surface area contributed by atoms with Crippen molar-refractivity contribution in [3.05, 3.63) is 0 Å². The van der Waals surface area contributed by atoms with E-state index in [0.29, 0.717) is 25.7 Å². The van der Waals surface area contributed by atoms with Gasteiger partial charge in [-0.2, -0.15) is 0 Å². The molecule has 0 amide bonds. The van der Waals surface area contributed by atoms with Gasteiger partial charge in [0.05, 0.1) is 12.7 Å². The third kappa shape index (κ3) is 6.92. The van der Waals surface area contributed by atoms with Crippen molar-refractivity contribution in [1.82, 2.24) is 5.32 Å². The zero-order valence-corrected chi connectivity index (χ0v) is 12.6. The number of carbonyl (C=O) groups is 1. The van der Waals surface area contributed by atoms with E-state index in [2.05, 4.69) is 5.32 Å². The molecule has 0 radical (unpaired) electrons. The summed E-state index contributed by atoms with van der Waals surface area (Å²) in [6, 6.07) is 0.0210. The van der Waals surface area contributed by atoms with Crippen molar-refractivity contribution in [2.24, 2.45) is 0 Å². The summed E-state index contributed by atoms with van der Waals surface area (Å²) in [4.78, 5) is 11.8. The molecule has 19 heavy (non-hydrogen) atoms. The smallest absolute Gasteiger partial charge is 0.323 e. The Labute approximate surface area is 117 Å². The minimum atomic E-state index is -0.247. The van der Waals surface area contributed by atoms with Crippen molar-refractivity contribution in [3.8, 4) is 0 Å². The van der Waals surface area contributed by atoms with Crippen LogP contribution in [0.15, 0.2) is 0 Å². The summed E-state index contributed by atoms with van der Waals surface area (Å²) >= 11 is 0. The molecule has 0 aromatic rings. The van der Waals surface area contributed by atoms with Crippen molar-refractivity contribution in [1.29, 1.82) is 0 Å². The first kappa shape index (κ1) is 16.4. The maximum absolute atomic E-state index is 11.8. The molecule has 0 bridgehead atoms. The molecule has 1 aliphatic rings. The van der Waals surface area contributed by atoms with Gasteiger partial charge in [0.1, 0.15) is 6.04 Å². The van der Waals surface area contributed by atoms with Gasteiger partial charge in [-0.3, -0.25) is 4.79 Å². The number of nitrogens with one attached hydrogen (secondary N) is 1. The molecular weight excluding hydrogens is 242 g/mol. The lowest BCUT2D eigenvalue weighted by atomic mass is 9.98. The van der Waals surface area contributed by atoms with Gasteiger partial charge in [0.2, 0.25) is 0 Å². The van der Waals surface area contributed by atoms with E-state index in [0.717, 1.165) is 0 Å². The second-order valence-electron chi connectivity index (χ2n) is 5.55.